The summed E-state index contributed by atoms with van der Waals surface area (Å²) in [4.78, 5) is 25.2. The zero-order chi connectivity index (χ0) is 14.5. The number of carboxylic acid groups (broad SMARTS) is 1. The molecule has 2 rings (SSSR count). The molecule has 1 heterocycles. The molecule has 1 aromatic rings. The number of carbonyl (C=O) groups is 2. The number of carboxylic acids is 1. The smallest absolute Gasteiger partial charge is 0.330 e. The lowest BCUT2D eigenvalue weighted by atomic mass is 9.99. The summed E-state index contributed by atoms with van der Waals surface area (Å²) in [5.74, 6) is -0.418. The Kier molecular flexibility index (Phi) is 4.61. The SMILES string of the molecule is CC1CCN(C(=O)N[C@@H](C(=O)O)c2ccccc2)CC1. The zero-order valence-electron chi connectivity index (χ0n) is 11.6. The van der Waals surface area contributed by atoms with Crippen molar-refractivity contribution in [2.45, 2.75) is 25.8 Å². The Morgan fingerprint density at radius 2 is 1.85 bits per heavy atom. The van der Waals surface area contributed by atoms with Crippen LogP contribution in [-0.4, -0.2) is 35.1 Å². The number of hydrogen-bond acceptors (Lipinski definition) is 2. The number of rotatable bonds is 3. The first-order valence-electron chi connectivity index (χ1n) is 6.91. The molecule has 1 aliphatic heterocycles. The summed E-state index contributed by atoms with van der Waals surface area (Å²) >= 11 is 0. The average Bonchev–Trinajstić information content (AvgIpc) is 2.46. The highest BCUT2D eigenvalue weighted by molar-refractivity contribution is 5.83. The number of likely N-dealkylation sites (tertiary alicyclic amines) is 1. The molecule has 0 bridgehead atoms. The summed E-state index contributed by atoms with van der Waals surface area (Å²) in [6, 6.07) is 7.46. The van der Waals surface area contributed by atoms with Gasteiger partial charge in [-0.1, -0.05) is 37.3 Å². The Hall–Kier alpha value is -2.04. The van der Waals surface area contributed by atoms with Crippen LogP contribution < -0.4 is 5.32 Å². The average molecular weight is 276 g/mol. The van der Waals surface area contributed by atoms with E-state index in [-0.39, 0.29) is 6.03 Å². The molecule has 1 aliphatic rings. The fourth-order valence-corrected chi connectivity index (χ4v) is 2.36. The van der Waals surface area contributed by atoms with Gasteiger partial charge in [0, 0.05) is 13.1 Å². The maximum atomic E-state index is 12.1. The van der Waals surface area contributed by atoms with Crippen LogP contribution in [0.5, 0.6) is 0 Å². The van der Waals surface area contributed by atoms with Crippen molar-refractivity contribution in [3.8, 4) is 0 Å². The number of aliphatic carboxylic acids is 1. The molecule has 2 amide bonds. The first kappa shape index (κ1) is 14.4. The number of nitrogens with zero attached hydrogens (tertiary/aromatic N) is 1. The first-order valence-corrected chi connectivity index (χ1v) is 6.91. The molecule has 5 nitrogen and oxygen atoms in total. The summed E-state index contributed by atoms with van der Waals surface area (Å²) in [6.07, 6.45) is 1.94. The first-order chi connectivity index (χ1) is 9.58. The highest BCUT2D eigenvalue weighted by Gasteiger charge is 2.26. The van der Waals surface area contributed by atoms with Gasteiger partial charge in [0.2, 0.25) is 0 Å². The van der Waals surface area contributed by atoms with Gasteiger partial charge >= 0.3 is 12.0 Å². The third-order valence-electron chi connectivity index (χ3n) is 3.72. The van der Waals surface area contributed by atoms with E-state index in [1.807, 2.05) is 6.07 Å². The Morgan fingerprint density at radius 1 is 1.25 bits per heavy atom. The van der Waals surface area contributed by atoms with Gasteiger partial charge in [-0.15, -0.1) is 0 Å². The molecule has 2 N–H and O–H groups in total. The summed E-state index contributed by atoms with van der Waals surface area (Å²) in [6.45, 7) is 3.54. The van der Waals surface area contributed by atoms with E-state index in [1.165, 1.54) is 0 Å². The standard InChI is InChI=1S/C15H20N2O3/c1-11-7-9-17(10-8-11)15(20)16-13(14(18)19)12-5-3-2-4-6-12/h2-6,11,13H,7-10H2,1H3,(H,16,20)(H,18,19)/t13-/m1/s1. The predicted octanol–water partition coefficient (Wildman–Crippen LogP) is 2.25. The monoisotopic (exact) mass is 276 g/mol. The molecular weight excluding hydrogens is 256 g/mol. The Morgan fingerprint density at radius 3 is 2.40 bits per heavy atom. The highest BCUT2D eigenvalue weighted by atomic mass is 16.4. The van der Waals surface area contributed by atoms with Crippen molar-refractivity contribution in [2.75, 3.05) is 13.1 Å². The van der Waals surface area contributed by atoms with Gasteiger partial charge in [-0.3, -0.25) is 0 Å². The fourth-order valence-electron chi connectivity index (χ4n) is 2.36. The molecule has 5 heteroatoms. The maximum Gasteiger partial charge on any atom is 0.330 e. The summed E-state index contributed by atoms with van der Waals surface area (Å²) in [7, 11) is 0. The topological polar surface area (TPSA) is 69.6 Å². The van der Waals surface area contributed by atoms with Gasteiger partial charge in [-0.2, -0.15) is 0 Å². The van der Waals surface area contributed by atoms with Gasteiger partial charge in [-0.25, -0.2) is 9.59 Å². The van der Waals surface area contributed by atoms with Crippen LogP contribution >= 0.6 is 0 Å². The Labute approximate surface area is 118 Å². The number of benzene rings is 1. The number of hydrogen-bond donors (Lipinski definition) is 2. The normalized spacial score (nSPS) is 17.6. The number of nitrogens with one attached hydrogen (secondary N) is 1. The molecule has 0 saturated carbocycles. The number of carbonyl (C=O) groups excluding carboxylic acids is 1. The van der Waals surface area contributed by atoms with Crippen molar-refractivity contribution >= 4 is 12.0 Å². The van der Waals surface area contributed by atoms with Crippen molar-refractivity contribution in [3.63, 3.8) is 0 Å². The second-order valence-corrected chi connectivity index (χ2v) is 5.30. The molecule has 1 aromatic carbocycles. The number of amides is 2. The van der Waals surface area contributed by atoms with Crippen molar-refractivity contribution in [2.24, 2.45) is 5.92 Å². The van der Waals surface area contributed by atoms with Crippen LogP contribution in [0.25, 0.3) is 0 Å². The molecule has 20 heavy (non-hydrogen) atoms. The number of piperidine rings is 1. The second kappa shape index (κ2) is 6.41. The minimum absolute atomic E-state index is 0.298. The molecule has 1 saturated heterocycles. The predicted molar refractivity (Wildman–Crippen MR) is 75.3 cm³/mol. The maximum absolute atomic E-state index is 12.1. The van der Waals surface area contributed by atoms with E-state index in [0.29, 0.717) is 24.6 Å². The molecule has 0 spiro atoms. The Bertz CT molecular complexity index is 467. The van der Waals surface area contributed by atoms with Crippen molar-refractivity contribution < 1.29 is 14.7 Å². The van der Waals surface area contributed by atoms with Crippen molar-refractivity contribution in [3.05, 3.63) is 35.9 Å². The zero-order valence-corrected chi connectivity index (χ0v) is 11.6. The summed E-state index contributed by atoms with van der Waals surface area (Å²) < 4.78 is 0. The quantitative estimate of drug-likeness (QED) is 0.889. The molecule has 0 aromatic heterocycles. The summed E-state index contributed by atoms with van der Waals surface area (Å²) in [5, 5.41) is 11.9. The minimum atomic E-state index is -1.05. The van der Waals surface area contributed by atoms with Gasteiger partial charge < -0.3 is 15.3 Å². The van der Waals surface area contributed by atoms with Crippen molar-refractivity contribution in [1.82, 2.24) is 10.2 Å². The van der Waals surface area contributed by atoms with Crippen LogP contribution in [0.2, 0.25) is 0 Å². The molecule has 1 atom stereocenters. The Balaban J connectivity index is 2.02. The van der Waals surface area contributed by atoms with E-state index in [4.69, 9.17) is 0 Å². The van der Waals surface area contributed by atoms with Gasteiger partial charge in [0.15, 0.2) is 6.04 Å². The minimum Gasteiger partial charge on any atom is -0.479 e. The van der Waals surface area contributed by atoms with Crippen LogP contribution in [0.15, 0.2) is 30.3 Å². The van der Waals surface area contributed by atoms with E-state index in [9.17, 15) is 14.7 Å². The van der Waals surface area contributed by atoms with Crippen LogP contribution in [0.1, 0.15) is 31.4 Å². The van der Waals surface area contributed by atoms with Crippen LogP contribution in [0.3, 0.4) is 0 Å². The van der Waals surface area contributed by atoms with Crippen molar-refractivity contribution in [1.29, 1.82) is 0 Å². The van der Waals surface area contributed by atoms with E-state index in [0.717, 1.165) is 12.8 Å². The van der Waals surface area contributed by atoms with E-state index < -0.39 is 12.0 Å². The lowest BCUT2D eigenvalue weighted by Gasteiger charge is -2.31. The summed E-state index contributed by atoms with van der Waals surface area (Å²) in [5.41, 5.74) is 0.582. The lowest BCUT2D eigenvalue weighted by Crippen LogP contribution is -2.46. The van der Waals surface area contributed by atoms with Gasteiger partial charge in [0.25, 0.3) is 0 Å². The van der Waals surface area contributed by atoms with E-state index >= 15 is 0 Å². The van der Waals surface area contributed by atoms with Crippen LogP contribution in [0.4, 0.5) is 4.79 Å². The van der Waals surface area contributed by atoms with Gasteiger partial charge in [0.05, 0.1) is 0 Å². The molecular formula is C15H20N2O3. The molecule has 1 fully saturated rings. The third-order valence-corrected chi connectivity index (χ3v) is 3.72. The van der Waals surface area contributed by atoms with E-state index in [1.54, 1.807) is 29.2 Å². The fraction of sp³-hybridized carbons (Fsp3) is 0.467. The van der Waals surface area contributed by atoms with Gasteiger partial charge in [0.1, 0.15) is 0 Å². The highest BCUT2D eigenvalue weighted by Crippen LogP contribution is 2.18. The second-order valence-electron chi connectivity index (χ2n) is 5.30. The molecule has 0 unspecified atom stereocenters. The van der Waals surface area contributed by atoms with Crippen LogP contribution in [0, 0.1) is 5.92 Å². The lowest BCUT2D eigenvalue weighted by molar-refractivity contribution is -0.139. The molecule has 108 valence electrons. The van der Waals surface area contributed by atoms with Crippen LogP contribution in [-0.2, 0) is 4.79 Å². The molecule has 0 aliphatic carbocycles. The molecule has 0 radical (unpaired) electrons. The number of urea groups is 1. The third kappa shape index (κ3) is 3.50. The largest absolute Gasteiger partial charge is 0.479 e. The van der Waals surface area contributed by atoms with E-state index in [2.05, 4.69) is 12.2 Å². The van der Waals surface area contributed by atoms with Gasteiger partial charge in [-0.05, 0) is 24.3 Å².